The average Bonchev–Trinajstić information content (AvgIpc) is 2.37. The van der Waals surface area contributed by atoms with Gasteiger partial charge in [-0.15, -0.1) is 0 Å². The molecular formula is C13H21N3O4. The molecule has 0 aromatic carbocycles. The van der Waals surface area contributed by atoms with Gasteiger partial charge in [0, 0.05) is 18.6 Å². The topological polar surface area (TPSA) is 90.0 Å². The van der Waals surface area contributed by atoms with Gasteiger partial charge in [0.1, 0.15) is 12.6 Å². The molecule has 112 valence electrons. The van der Waals surface area contributed by atoms with Gasteiger partial charge in [-0.2, -0.15) is 0 Å². The van der Waals surface area contributed by atoms with Crippen LogP contribution in [0.5, 0.6) is 0 Å². The molecule has 3 amide bonds. The van der Waals surface area contributed by atoms with E-state index in [1.54, 1.807) is 4.90 Å². The molecule has 0 aromatic heterocycles. The second-order valence-corrected chi connectivity index (χ2v) is 5.60. The number of likely N-dealkylation sites (tertiary alicyclic amines) is 1. The number of nitrogens with zero attached hydrogens (tertiary/aromatic N) is 2. The number of piperidine rings is 1. The standard InChI is InChI=1S/C13H21N3O4/c1-8-4-3-5-9(2)16(8)13(20)15-7-11(17)14-6-10(15)12(18)19/h8-10H,3-7H2,1-2H3,(H,14,17)(H,18,19). The number of nitrogens with one attached hydrogen (secondary N) is 1. The van der Waals surface area contributed by atoms with E-state index in [0.29, 0.717) is 0 Å². The van der Waals surface area contributed by atoms with Crippen LogP contribution in [0, 0.1) is 0 Å². The molecule has 3 unspecified atom stereocenters. The van der Waals surface area contributed by atoms with Gasteiger partial charge in [-0.05, 0) is 33.1 Å². The predicted molar refractivity (Wildman–Crippen MR) is 71.1 cm³/mol. The minimum absolute atomic E-state index is 0.0312. The van der Waals surface area contributed by atoms with Crippen molar-refractivity contribution in [2.75, 3.05) is 13.1 Å². The third-order valence-electron chi connectivity index (χ3n) is 4.13. The summed E-state index contributed by atoms with van der Waals surface area (Å²) in [5.41, 5.74) is 0. The molecule has 2 aliphatic rings. The summed E-state index contributed by atoms with van der Waals surface area (Å²) in [7, 11) is 0. The monoisotopic (exact) mass is 283 g/mol. The number of carbonyl (C=O) groups is 3. The predicted octanol–water partition coefficient (Wildman–Crippen LogP) is 0.254. The Kier molecular flexibility index (Phi) is 4.15. The van der Waals surface area contributed by atoms with E-state index in [1.807, 2.05) is 13.8 Å². The fourth-order valence-corrected chi connectivity index (χ4v) is 3.01. The lowest BCUT2D eigenvalue weighted by Crippen LogP contribution is -2.64. The number of aliphatic carboxylic acids is 1. The van der Waals surface area contributed by atoms with Gasteiger partial charge < -0.3 is 15.3 Å². The largest absolute Gasteiger partial charge is 0.480 e. The van der Waals surface area contributed by atoms with Gasteiger partial charge in [0.05, 0.1) is 0 Å². The summed E-state index contributed by atoms with van der Waals surface area (Å²) in [6, 6.07) is -1.18. The number of hydrogen-bond acceptors (Lipinski definition) is 3. The molecule has 0 aromatic rings. The fourth-order valence-electron chi connectivity index (χ4n) is 3.01. The summed E-state index contributed by atoms with van der Waals surface area (Å²) in [6.07, 6.45) is 2.89. The van der Waals surface area contributed by atoms with Crippen molar-refractivity contribution in [2.45, 2.75) is 51.2 Å². The van der Waals surface area contributed by atoms with Crippen molar-refractivity contribution in [1.29, 1.82) is 0 Å². The highest BCUT2D eigenvalue weighted by Crippen LogP contribution is 2.24. The summed E-state index contributed by atoms with van der Waals surface area (Å²) in [6.45, 7) is 3.71. The van der Waals surface area contributed by atoms with Gasteiger partial charge in [0.25, 0.3) is 0 Å². The third-order valence-corrected chi connectivity index (χ3v) is 4.13. The van der Waals surface area contributed by atoms with Crippen molar-refractivity contribution in [3.63, 3.8) is 0 Å². The van der Waals surface area contributed by atoms with Crippen molar-refractivity contribution >= 4 is 17.9 Å². The van der Waals surface area contributed by atoms with Crippen LogP contribution in [0.3, 0.4) is 0 Å². The SMILES string of the molecule is CC1CCCC(C)N1C(=O)N1CC(=O)NCC1C(=O)O. The van der Waals surface area contributed by atoms with E-state index in [1.165, 1.54) is 4.90 Å². The second kappa shape index (κ2) is 5.68. The quantitative estimate of drug-likeness (QED) is 0.722. The van der Waals surface area contributed by atoms with Crippen molar-refractivity contribution in [3.05, 3.63) is 0 Å². The molecule has 2 saturated heterocycles. The van der Waals surface area contributed by atoms with E-state index in [0.717, 1.165) is 19.3 Å². The van der Waals surface area contributed by atoms with Gasteiger partial charge in [0.15, 0.2) is 0 Å². The smallest absolute Gasteiger partial charge is 0.328 e. The van der Waals surface area contributed by atoms with Crippen LogP contribution in [0.2, 0.25) is 0 Å². The Labute approximate surface area is 117 Å². The van der Waals surface area contributed by atoms with Crippen LogP contribution in [0.25, 0.3) is 0 Å². The zero-order valence-electron chi connectivity index (χ0n) is 11.8. The molecule has 3 atom stereocenters. The van der Waals surface area contributed by atoms with E-state index in [9.17, 15) is 19.5 Å². The van der Waals surface area contributed by atoms with Crippen LogP contribution in [-0.4, -0.2) is 64.0 Å². The lowest BCUT2D eigenvalue weighted by molar-refractivity contribution is -0.144. The Morgan fingerprint density at radius 2 is 1.85 bits per heavy atom. The van der Waals surface area contributed by atoms with E-state index in [4.69, 9.17) is 0 Å². The third kappa shape index (κ3) is 2.71. The lowest BCUT2D eigenvalue weighted by Gasteiger charge is -2.44. The number of piperazine rings is 1. The van der Waals surface area contributed by atoms with E-state index in [-0.39, 0.29) is 37.1 Å². The number of amides is 3. The zero-order valence-corrected chi connectivity index (χ0v) is 11.8. The Hall–Kier alpha value is -1.79. The van der Waals surface area contributed by atoms with Crippen LogP contribution in [0.4, 0.5) is 4.79 Å². The molecule has 7 nitrogen and oxygen atoms in total. The maximum atomic E-state index is 12.6. The van der Waals surface area contributed by atoms with Crippen molar-refractivity contribution < 1.29 is 19.5 Å². The molecule has 2 aliphatic heterocycles. The van der Waals surface area contributed by atoms with Crippen LogP contribution >= 0.6 is 0 Å². The van der Waals surface area contributed by atoms with Gasteiger partial charge in [0.2, 0.25) is 5.91 Å². The summed E-state index contributed by atoms with van der Waals surface area (Å²) < 4.78 is 0. The maximum Gasteiger partial charge on any atom is 0.328 e. The Bertz CT molecular complexity index is 416. The number of hydrogen-bond donors (Lipinski definition) is 2. The zero-order chi connectivity index (χ0) is 14.9. The van der Waals surface area contributed by atoms with Crippen LogP contribution in [0.1, 0.15) is 33.1 Å². The molecule has 20 heavy (non-hydrogen) atoms. The number of carboxylic acids is 1. The summed E-state index contributed by atoms with van der Waals surface area (Å²) in [5.74, 6) is -1.40. The average molecular weight is 283 g/mol. The number of carbonyl (C=O) groups excluding carboxylic acids is 2. The highest BCUT2D eigenvalue weighted by molar-refractivity contribution is 5.90. The first-order valence-electron chi connectivity index (χ1n) is 7.00. The number of rotatable bonds is 1. The van der Waals surface area contributed by atoms with Gasteiger partial charge >= 0.3 is 12.0 Å². The fraction of sp³-hybridized carbons (Fsp3) is 0.769. The Balaban J connectivity index is 2.19. The first kappa shape index (κ1) is 14.6. The van der Waals surface area contributed by atoms with Gasteiger partial charge in [-0.1, -0.05) is 0 Å². The molecule has 0 bridgehead atoms. The molecule has 0 spiro atoms. The molecule has 2 rings (SSSR count). The molecule has 0 saturated carbocycles. The lowest BCUT2D eigenvalue weighted by atomic mass is 9.98. The Morgan fingerprint density at radius 3 is 2.40 bits per heavy atom. The molecule has 0 aliphatic carbocycles. The minimum Gasteiger partial charge on any atom is -0.480 e. The summed E-state index contributed by atoms with van der Waals surface area (Å²) in [4.78, 5) is 38.3. The van der Waals surface area contributed by atoms with Gasteiger partial charge in [-0.3, -0.25) is 9.69 Å². The minimum atomic E-state index is -1.09. The molecule has 7 heteroatoms. The molecular weight excluding hydrogens is 262 g/mol. The van der Waals surface area contributed by atoms with Crippen LogP contribution < -0.4 is 5.32 Å². The van der Waals surface area contributed by atoms with Crippen molar-refractivity contribution in [2.24, 2.45) is 0 Å². The van der Waals surface area contributed by atoms with E-state index in [2.05, 4.69) is 5.32 Å². The normalized spacial score (nSPS) is 30.9. The highest BCUT2D eigenvalue weighted by atomic mass is 16.4. The van der Waals surface area contributed by atoms with Crippen LogP contribution in [-0.2, 0) is 9.59 Å². The highest BCUT2D eigenvalue weighted by Gasteiger charge is 2.40. The molecule has 2 heterocycles. The molecule has 0 radical (unpaired) electrons. The maximum absolute atomic E-state index is 12.6. The Morgan fingerprint density at radius 1 is 1.25 bits per heavy atom. The second-order valence-electron chi connectivity index (χ2n) is 5.60. The van der Waals surface area contributed by atoms with Gasteiger partial charge in [-0.25, -0.2) is 9.59 Å². The number of urea groups is 1. The first-order chi connectivity index (χ1) is 9.41. The van der Waals surface area contributed by atoms with E-state index < -0.39 is 12.0 Å². The van der Waals surface area contributed by atoms with E-state index >= 15 is 0 Å². The first-order valence-corrected chi connectivity index (χ1v) is 7.00. The van der Waals surface area contributed by atoms with Crippen LogP contribution in [0.15, 0.2) is 0 Å². The number of carboxylic acid groups (broad SMARTS) is 1. The summed E-state index contributed by atoms with van der Waals surface area (Å²) in [5, 5.41) is 11.7. The summed E-state index contributed by atoms with van der Waals surface area (Å²) >= 11 is 0. The molecule has 2 fully saturated rings. The van der Waals surface area contributed by atoms with Crippen molar-refractivity contribution in [1.82, 2.24) is 15.1 Å². The molecule has 2 N–H and O–H groups in total. The van der Waals surface area contributed by atoms with Crippen molar-refractivity contribution in [3.8, 4) is 0 Å².